The van der Waals surface area contributed by atoms with Gasteiger partial charge in [-0.3, -0.25) is 0 Å². The molecule has 0 bridgehead atoms. The molecule has 3 aliphatic carbocycles. The first kappa shape index (κ1) is 31.0. The molecule has 2 heteroatoms. The van der Waals surface area contributed by atoms with Crippen LogP contribution in [0.3, 0.4) is 0 Å². The first-order valence-electron chi connectivity index (χ1n) is 15.0. The molecule has 8 unspecified atom stereocenters. The predicted molar refractivity (Wildman–Crippen MR) is 150 cm³/mol. The van der Waals surface area contributed by atoms with Crippen molar-refractivity contribution in [2.75, 3.05) is 33.7 Å². The fourth-order valence-corrected chi connectivity index (χ4v) is 5.36. The Morgan fingerprint density at radius 1 is 0.606 bits per heavy atom. The predicted octanol–water partition coefficient (Wildman–Crippen LogP) is 8.61. The van der Waals surface area contributed by atoms with Crippen LogP contribution in [0, 0.1) is 41.4 Å². The van der Waals surface area contributed by atoms with E-state index in [1.165, 1.54) is 83.8 Å². The van der Waals surface area contributed by atoms with Gasteiger partial charge in [-0.25, -0.2) is 0 Å². The minimum absolute atomic E-state index is 0.898. The summed E-state index contributed by atoms with van der Waals surface area (Å²) in [4.78, 5) is 4.87. The summed E-state index contributed by atoms with van der Waals surface area (Å²) in [6, 6.07) is 0.898. The van der Waals surface area contributed by atoms with Gasteiger partial charge in [0.2, 0.25) is 0 Å². The Labute approximate surface area is 210 Å². The molecule has 5 fully saturated rings. The molecule has 0 amide bonds. The largest absolute Gasteiger partial charge is 0.306 e. The van der Waals surface area contributed by atoms with E-state index in [4.69, 9.17) is 0 Å². The van der Waals surface area contributed by atoms with Gasteiger partial charge < -0.3 is 9.80 Å². The van der Waals surface area contributed by atoms with Gasteiger partial charge in [0.25, 0.3) is 0 Å². The third-order valence-corrected chi connectivity index (χ3v) is 9.12. The van der Waals surface area contributed by atoms with Gasteiger partial charge in [0.05, 0.1) is 0 Å². The van der Waals surface area contributed by atoms with Crippen LogP contribution in [0.4, 0.5) is 0 Å². The van der Waals surface area contributed by atoms with Crippen LogP contribution in [-0.4, -0.2) is 49.6 Å². The Bertz CT molecular complexity index is 444. The SMILES string of the molecule is CC1CC1C.CC1CCCN(C)C1.CCC1CC1C.CCC1CC1C.CCC1CCCN1C. The maximum atomic E-state index is 2.46. The molecule has 0 aromatic rings. The number of nitrogens with zero attached hydrogens (tertiary/aromatic N) is 2. The van der Waals surface area contributed by atoms with E-state index in [1.807, 2.05) is 0 Å². The van der Waals surface area contributed by atoms with Crippen molar-refractivity contribution in [3.63, 3.8) is 0 Å². The van der Waals surface area contributed by atoms with Crippen molar-refractivity contribution in [2.24, 2.45) is 41.4 Å². The van der Waals surface area contributed by atoms with Crippen molar-refractivity contribution in [2.45, 2.75) is 126 Å². The molecule has 0 N–H and O–H groups in total. The highest BCUT2D eigenvalue weighted by Crippen LogP contribution is 2.40. The Kier molecular flexibility index (Phi) is 15.5. The molecule has 2 aliphatic heterocycles. The minimum atomic E-state index is 0.898. The van der Waals surface area contributed by atoms with Crippen LogP contribution in [0.25, 0.3) is 0 Å². The normalized spacial score (nSPS) is 38.7. The van der Waals surface area contributed by atoms with Crippen molar-refractivity contribution in [1.29, 1.82) is 0 Å². The molecular weight excluding hydrogens is 400 g/mol. The Morgan fingerprint density at radius 2 is 1.06 bits per heavy atom. The maximum absolute atomic E-state index is 2.46. The number of piperidine rings is 1. The molecule has 0 aromatic carbocycles. The van der Waals surface area contributed by atoms with Crippen molar-refractivity contribution in [3.8, 4) is 0 Å². The second-order valence-electron chi connectivity index (χ2n) is 12.6. The van der Waals surface area contributed by atoms with Gasteiger partial charge >= 0.3 is 0 Å². The Balaban J connectivity index is 0.000000208. The quantitative estimate of drug-likeness (QED) is 0.412. The number of hydrogen-bond donors (Lipinski definition) is 0. The van der Waals surface area contributed by atoms with Crippen molar-refractivity contribution in [1.82, 2.24) is 9.80 Å². The van der Waals surface area contributed by atoms with E-state index in [0.717, 1.165) is 47.5 Å². The molecule has 2 heterocycles. The number of hydrogen-bond acceptors (Lipinski definition) is 2. The number of likely N-dealkylation sites (tertiary alicyclic amines) is 2. The lowest BCUT2D eigenvalue weighted by Crippen LogP contribution is -2.30. The monoisotopic (exact) mass is 465 g/mol. The van der Waals surface area contributed by atoms with Crippen LogP contribution >= 0.6 is 0 Å². The van der Waals surface area contributed by atoms with E-state index in [-0.39, 0.29) is 0 Å². The van der Waals surface area contributed by atoms with Crippen LogP contribution in [0.2, 0.25) is 0 Å². The molecule has 198 valence electrons. The molecule has 3 saturated carbocycles. The van der Waals surface area contributed by atoms with Crippen LogP contribution in [0.5, 0.6) is 0 Å². The zero-order valence-corrected chi connectivity index (χ0v) is 24.7. The van der Waals surface area contributed by atoms with Gasteiger partial charge in [-0.1, -0.05) is 68.2 Å². The van der Waals surface area contributed by atoms with Gasteiger partial charge in [0, 0.05) is 12.6 Å². The average molecular weight is 465 g/mol. The summed E-state index contributed by atoms with van der Waals surface area (Å²) in [5.41, 5.74) is 0. The summed E-state index contributed by atoms with van der Waals surface area (Å²) in [7, 11) is 4.43. The van der Waals surface area contributed by atoms with Crippen LogP contribution < -0.4 is 0 Å². The molecule has 0 spiro atoms. The van der Waals surface area contributed by atoms with Gasteiger partial charge in [-0.05, 0) is 120 Å². The Hall–Kier alpha value is -0.0800. The van der Waals surface area contributed by atoms with E-state index in [0.29, 0.717) is 0 Å². The van der Waals surface area contributed by atoms with E-state index in [2.05, 4.69) is 79.3 Å². The standard InChI is InChI=1S/2C7H15N.2C6H12.C5H10/c1-7-4-3-5-8(2)6-7;1-3-7-5-4-6-8(7)2;2*1-3-6-4-5(6)2;1-4-3-5(4)2/h2*7H,3-6H2,1-2H3;2*5-6H,3-4H2,1-2H3;4-5H,3H2,1-2H3. The lowest BCUT2D eigenvalue weighted by molar-refractivity contribution is 0.221. The molecule has 0 aromatic heterocycles. The van der Waals surface area contributed by atoms with Crippen LogP contribution in [0.1, 0.15) is 120 Å². The number of rotatable bonds is 3. The lowest BCUT2D eigenvalue weighted by atomic mass is 10.0. The van der Waals surface area contributed by atoms with E-state index >= 15 is 0 Å². The van der Waals surface area contributed by atoms with E-state index < -0.39 is 0 Å². The van der Waals surface area contributed by atoms with E-state index in [1.54, 1.807) is 0 Å². The zero-order valence-electron chi connectivity index (χ0n) is 24.7. The van der Waals surface area contributed by atoms with Gasteiger partial charge in [0.1, 0.15) is 0 Å². The summed E-state index contributed by atoms with van der Waals surface area (Å²) in [6.07, 6.45) is 14.3. The van der Waals surface area contributed by atoms with Gasteiger partial charge in [-0.15, -0.1) is 0 Å². The van der Waals surface area contributed by atoms with Crippen LogP contribution in [-0.2, 0) is 0 Å². The molecule has 5 aliphatic rings. The topological polar surface area (TPSA) is 6.48 Å². The van der Waals surface area contributed by atoms with E-state index in [9.17, 15) is 0 Å². The fourth-order valence-electron chi connectivity index (χ4n) is 5.36. The van der Waals surface area contributed by atoms with Gasteiger partial charge in [-0.2, -0.15) is 0 Å². The highest BCUT2D eigenvalue weighted by atomic mass is 15.1. The average Bonchev–Trinajstić information content (AvgIpc) is 3.73. The van der Waals surface area contributed by atoms with Crippen molar-refractivity contribution >= 4 is 0 Å². The second kappa shape index (κ2) is 16.6. The summed E-state index contributed by atoms with van der Waals surface area (Å²) < 4.78 is 0. The highest BCUT2D eigenvalue weighted by Gasteiger charge is 2.30. The Morgan fingerprint density at radius 3 is 1.21 bits per heavy atom. The third kappa shape index (κ3) is 14.8. The maximum Gasteiger partial charge on any atom is 0.00900 e. The molecular formula is C31H64N2. The smallest absolute Gasteiger partial charge is 0.00900 e. The molecule has 2 saturated heterocycles. The molecule has 33 heavy (non-hydrogen) atoms. The second-order valence-corrected chi connectivity index (χ2v) is 12.6. The summed E-state index contributed by atoms with van der Waals surface area (Å²) in [5, 5.41) is 0. The van der Waals surface area contributed by atoms with Crippen LogP contribution in [0.15, 0.2) is 0 Å². The minimum Gasteiger partial charge on any atom is -0.306 e. The van der Waals surface area contributed by atoms with Crippen molar-refractivity contribution in [3.05, 3.63) is 0 Å². The highest BCUT2D eigenvalue weighted by molar-refractivity contribution is 4.80. The molecule has 0 radical (unpaired) electrons. The first-order chi connectivity index (χ1) is 15.6. The fraction of sp³-hybridized carbons (Fsp3) is 1.00. The molecule has 2 nitrogen and oxygen atoms in total. The first-order valence-corrected chi connectivity index (χ1v) is 15.0. The summed E-state index contributed by atoms with van der Waals surface area (Å²) in [5.74, 6) is 7.37. The molecule has 8 atom stereocenters. The van der Waals surface area contributed by atoms with Gasteiger partial charge in [0.15, 0.2) is 0 Å². The third-order valence-electron chi connectivity index (χ3n) is 9.12. The molecule has 5 rings (SSSR count). The summed E-state index contributed by atoms with van der Waals surface area (Å²) in [6.45, 7) is 22.3. The summed E-state index contributed by atoms with van der Waals surface area (Å²) >= 11 is 0. The zero-order chi connectivity index (χ0) is 25.0. The van der Waals surface area contributed by atoms with Crippen molar-refractivity contribution < 1.29 is 0 Å². The lowest BCUT2D eigenvalue weighted by Gasteiger charge is -2.26.